The van der Waals surface area contributed by atoms with E-state index in [1.54, 1.807) is 36.4 Å². The van der Waals surface area contributed by atoms with E-state index < -0.39 is 17.7 Å². The highest BCUT2D eigenvalue weighted by Gasteiger charge is 2.51. The molecule has 3 amide bonds. The number of urea groups is 1. The van der Waals surface area contributed by atoms with E-state index in [2.05, 4.69) is 10.6 Å². The molecule has 1 atom stereocenters. The number of carbonyl (C=O) groups is 2. The second-order valence-corrected chi connectivity index (χ2v) is 7.92. The average molecular weight is 415 g/mol. The van der Waals surface area contributed by atoms with Crippen LogP contribution in [0.1, 0.15) is 27.8 Å². The number of anilines is 2. The van der Waals surface area contributed by atoms with Crippen LogP contribution in [0.2, 0.25) is 0 Å². The Morgan fingerprint density at radius 1 is 1.00 bits per heavy atom. The van der Waals surface area contributed by atoms with E-state index in [9.17, 15) is 14.7 Å². The maximum atomic E-state index is 13.4. The van der Waals surface area contributed by atoms with Gasteiger partial charge in [0.05, 0.1) is 5.69 Å². The second kappa shape index (κ2) is 7.89. The second-order valence-electron chi connectivity index (χ2n) is 7.92. The number of hydrogen-bond acceptors (Lipinski definition) is 3. The lowest BCUT2D eigenvalue weighted by Crippen LogP contribution is -2.62. The van der Waals surface area contributed by atoms with Gasteiger partial charge in [0.1, 0.15) is 0 Å². The summed E-state index contributed by atoms with van der Waals surface area (Å²) in [5, 5.41) is 17.4. The number of para-hydroxylation sites is 1. The maximum Gasteiger partial charge on any atom is 0.329 e. The zero-order chi connectivity index (χ0) is 22.2. The zero-order valence-electron chi connectivity index (χ0n) is 17.8. The molecule has 0 aliphatic carbocycles. The van der Waals surface area contributed by atoms with E-state index in [0.29, 0.717) is 16.9 Å². The van der Waals surface area contributed by atoms with Gasteiger partial charge in [0.15, 0.2) is 0 Å². The van der Waals surface area contributed by atoms with E-state index in [1.807, 2.05) is 51.1 Å². The predicted octanol–water partition coefficient (Wildman–Crippen LogP) is 4.13. The number of aryl methyl sites for hydroxylation is 3. The number of benzene rings is 3. The number of nitrogens with one attached hydrogen (secondary N) is 2. The van der Waals surface area contributed by atoms with Crippen LogP contribution in [0.25, 0.3) is 0 Å². The fourth-order valence-electron chi connectivity index (χ4n) is 3.74. The smallest absolute Gasteiger partial charge is 0.329 e. The summed E-state index contributed by atoms with van der Waals surface area (Å²) < 4.78 is 0. The van der Waals surface area contributed by atoms with Crippen LogP contribution in [-0.4, -0.2) is 17.0 Å². The summed E-state index contributed by atoms with van der Waals surface area (Å²) in [7, 11) is 0. The van der Waals surface area contributed by atoms with Crippen LogP contribution in [0.5, 0.6) is 0 Å². The summed E-state index contributed by atoms with van der Waals surface area (Å²) in [4.78, 5) is 27.6. The molecule has 0 bridgehead atoms. The third-order valence-corrected chi connectivity index (χ3v) is 5.71. The molecule has 0 saturated heterocycles. The lowest BCUT2D eigenvalue weighted by molar-refractivity contribution is -0.140. The SMILES string of the molecule is Cc1ccc(CNC(=O)[C@@]2(O)c3ccccc3NC(=O)N2c2ccc(C)c(C)c2)cc1. The van der Waals surface area contributed by atoms with Crippen molar-refractivity contribution in [3.63, 3.8) is 0 Å². The Morgan fingerprint density at radius 3 is 2.42 bits per heavy atom. The van der Waals surface area contributed by atoms with Gasteiger partial charge in [-0.1, -0.05) is 54.1 Å². The minimum atomic E-state index is -2.20. The number of nitrogens with zero attached hydrogens (tertiary/aromatic N) is 1. The Labute approximate surface area is 181 Å². The standard InChI is InChI=1S/C25H25N3O3/c1-16-8-11-19(12-9-16)15-26-23(29)25(31)21-6-4-5-7-22(21)27-24(30)28(25)20-13-10-17(2)18(3)14-20/h4-14,31H,15H2,1-3H3,(H,26,29)(H,27,30)/t25-/m0/s1. The fourth-order valence-corrected chi connectivity index (χ4v) is 3.74. The van der Waals surface area contributed by atoms with Gasteiger partial charge in [-0.25, -0.2) is 4.79 Å². The normalized spacial score (nSPS) is 17.7. The quantitative estimate of drug-likeness (QED) is 0.599. The van der Waals surface area contributed by atoms with Crippen molar-refractivity contribution in [2.24, 2.45) is 0 Å². The third-order valence-electron chi connectivity index (χ3n) is 5.71. The molecule has 3 aromatic rings. The van der Waals surface area contributed by atoms with Crippen LogP contribution >= 0.6 is 0 Å². The molecule has 1 aliphatic rings. The Bertz CT molecular complexity index is 1160. The first kappa shape index (κ1) is 20.6. The van der Waals surface area contributed by atoms with Crippen LogP contribution in [0.4, 0.5) is 16.2 Å². The van der Waals surface area contributed by atoms with Gasteiger partial charge < -0.3 is 15.7 Å². The van der Waals surface area contributed by atoms with Crippen molar-refractivity contribution < 1.29 is 14.7 Å². The summed E-state index contributed by atoms with van der Waals surface area (Å²) in [6, 6.07) is 19.4. The maximum absolute atomic E-state index is 13.4. The molecular formula is C25H25N3O3. The summed E-state index contributed by atoms with van der Waals surface area (Å²) in [5.74, 6) is -0.673. The molecule has 3 N–H and O–H groups in total. The minimum absolute atomic E-state index is 0.228. The van der Waals surface area contributed by atoms with Gasteiger partial charge in [-0.2, -0.15) is 0 Å². The molecule has 31 heavy (non-hydrogen) atoms. The molecule has 3 aromatic carbocycles. The predicted molar refractivity (Wildman–Crippen MR) is 121 cm³/mol. The van der Waals surface area contributed by atoms with Crippen molar-refractivity contribution >= 4 is 23.3 Å². The number of aliphatic hydroxyl groups is 1. The molecule has 1 heterocycles. The number of fused-ring (bicyclic) bond motifs is 1. The topological polar surface area (TPSA) is 81.7 Å². The molecule has 0 aromatic heterocycles. The highest BCUT2D eigenvalue weighted by atomic mass is 16.3. The van der Waals surface area contributed by atoms with Crippen LogP contribution in [0.3, 0.4) is 0 Å². The van der Waals surface area contributed by atoms with Crippen molar-refractivity contribution in [1.29, 1.82) is 0 Å². The molecule has 4 rings (SSSR count). The van der Waals surface area contributed by atoms with Crippen molar-refractivity contribution in [2.45, 2.75) is 33.0 Å². The summed E-state index contributed by atoms with van der Waals surface area (Å²) in [5.41, 5.74) is 2.96. The number of amides is 3. The number of hydrogen-bond donors (Lipinski definition) is 3. The highest BCUT2D eigenvalue weighted by molar-refractivity contribution is 6.11. The molecule has 0 unspecified atom stereocenters. The Hall–Kier alpha value is -3.64. The summed E-state index contributed by atoms with van der Waals surface area (Å²) in [6.45, 7) is 6.10. The van der Waals surface area contributed by atoms with Crippen molar-refractivity contribution in [3.05, 3.63) is 94.5 Å². The first-order valence-electron chi connectivity index (χ1n) is 10.1. The largest absolute Gasteiger partial charge is 0.359 e. The van der Waals surface area contributed by atoms with Crippen LogP contribution < -0.4 is 15.5 Å². The minimum Gasteiger partial charge on any atom is -0.359 e. The molecule has 0 saturated carbocycles. The van der Waals surface area contributed by atoms with Gasteiger partial charge in [-0.3, -0.25) is 9.69 Å². The Balaban J connectivity index is 1.76. The first-order valence-corrected chi connectivity index (χ1v) is 10.1. The number of rotatable bonds is 4. The van der Waals surface area contributed by atoms with Crippen molar-refractivity contribution in [1.82, 2.24) is 5.32 Å². The highest BCUT2D eigenvalue weighted by Crippen LogP contribution is 2.40. The Kier molecular flexibility index (Phi) is 5.25. The van der Waals surface area contributed by atoms with Crippen molar-refractivity contribution in [2.75, 3.05) is 10.2 Å². The number of carbonyl (C=O) groups excluding carboxylic acids is 2. The van der Waals surface area contributed by atoms with Gasteiger partial charge >= 0.3 is 6.03 Å². The van der Waals surface area contributed by atoms with E-state index in [-0.39, 0.29) is 6.54 Å². The van der Waals surface area contributed by atoms with Gasteiger partial charge in [0.2, 0.25) is 0 Å². The van der Waals surface area contributed by atoms with Gasteiger partial charge in [-0.05, 0) is 55.7 Å². The lowest BCUT2D eigenvalue weighted by atomic mass is 9.94. The van der Waals surface area contributed by atoms with Crippen LogP contribution in [0, 0.1) is 20.8 Å². The zero-order valence-corrected chi connectivity index (χ0v) is 17.8. The Morgan fingerprint density at radius 2 is 1.71 bits per heavy atom. The molecule has 158 valence electrons. The van der Waals surface area contributed by atoms with E-state index >= 15 is 0 Å². The molecule has 6 nitrogen and oxygen atoms in total. The van der Waals surface area contributed by atoms with Crippen LogP contribution in [0.15, 0.2) is 66.7 Å². The lowest BCUT2D eigenvalue weighted by Gasteiger charge is -2.42. The van der Waals surface area contributed by atoms with Gasteiger partial charge in [0.25, 0.3) is 11.6 Å². The molecule has 6 heteroatoms. The molecule has 0 radical (unpaired) electrons. The van der Waals surface area contributed by atoms with Crippen molar-refractivity contribution in [3.8, 4) is 0 Å². The molecule has 0 spiro atoms. The van der Waals surface area contributed by atoms with E-state index in [0.717, 1.165) is 27.2 Å². The molecular weight excluding hydrogens is 390 g/mol. The average Bonchev–Trinajstić information content (AvgIpc) is 2.75. The summed E-state index contributed by atoms with van der Waals surface area (Å²) in [6.07, 6.45) is 0. The fraction of sp³-hybridized carbons (Fsp3) is 0.200. The van der Waals surface area contributed by atoms with Gasteiger partial charge in [0, 0.05) is 17.8 Å². The van der Waals surface area contributed by atoms with E-state index in [1.165, 1.54) is 0 Å². The summed E-state index contributed by atoms with van der Waals surface area (Å²) >= 11 is 0. The molecule has 1 aliphatic heterocycles. The third kappa shape index (κ3) is 3.66. The molecule has 0 fully saturated rings. The van der Waals surface area contributed by atoms with Gasteiger partial charge in [-0.15, -0.1) is 0 Å². The monoisotopic (exact) mass is 415 g/mol. The first-order chi connectivity index (χ1) is 14.8. The van der Waals surface area contributed by atoms with Crippen LogP contribution in [-0.2, 0) is 17.1 Å². The van der Waals surface area contributed by atoms with E-state index in [4.69, 9.17) is 0 Å².